The fourth-order valence-electron chi connectivity index (χ4n) is 1.75. The molecule has 0 N–H and O–H groups in total. The molecule has 0 aliphatic heterocycles. The third-order valence-electron chi connectivity index (χ3n) is 2.83. The van der Waals surface area contributed by atoms with Crippen LogP contribution in [-0.2, 0) is 4.74 Å². The van der Waals surface area contributed by atoms with Gasteiger partial charge >= 0.3 is 0 Å². The summed E-state index contributed by atoms with van der Waals surface area (Å²) >= 11 is 0. The molecule has 0 spiro atoms. The van der Waals surface area contributed by atoms with Gasteiger partial charge in [-0.2, -0.15) is 0 Å². The lowest BCUT2D eigenvalue weighted by atomic mass is 10.1. The number of hydrogen-bond acceptors (Lipinski definition) is 1. The SMILES string of the molecule is [CH2]CCCCCCCCCCOCCC[CH2]. The molecule has 0 fully saturated rings. The molecule has 0 rings (SSSR count). The second-order valence-electron chi connectivity index (χ2n) is 4.50. The zero-order valence-electron chi connectivity index (χ0n) is 11.0. The van der Waals surface area contributed by atoms with E-state index in [2.05, 4.69) is 13.8 Å². The minimum atomic E-state index is 0.897. The third-order valence-corrected chi connectivity index (χ3v) is 2.83. The number of rotatable bonds is 13. The molecule has 0 aromatic carbocycles. The third kappa shape index (κ3) is 14.0. The van der Waals surface area contributed by atoms with Crippen LogP contribution in [0.15, 0.2) is 0 Å². The highest BCUT2D eigenvalue weighted by Crippen LogP contribution is 2.09. The Balaban J connectivity index is 2.83. The van der Waals surface area contributed by atoms with Crippen LogP contribution in [0, 0.1) is 13.8 Å². The maximum Gasteiger partial charge on any atom is 0.0466 e. The second-order valence-corrected chi connectivity index (χ2v) is 4.50. The van der Waals surface area contributed by atoms with E-state index >= 15 is 0 Å². The first-order chi connectivity index (χ1) is 7.91. The van der Waals surface area contributed by atoms with Gasteiger partial charge in [-0.05, 0) is 12.8 Å². The monoisotopic (exact) mass is 226 g/mol. The summed E-state index contributed by atoms with van der Waals surface area (Å²) in [6.45, 7) is 9.49. The largest absolute Gasteiger partial charge is 0.381 e. The van der Waals surface area contributed by atoms with E-state index in [4.69, 9.17) is 4.74 Å². The standard InChI is InChI=1S/C15H30O/c1-3-5-7-8-9-10-11-12-13-15-16-14-6-4-2/h1-15H2. The molecule has 0 aliphatic carbocycles. The summed E-state index contributed by atoms with van der Waals surface area (Å²) in [6, 6.07) is 0. The van der Waals surface area contributed by atoms with Crippen molar-refractivity contribution in [1.82, 2.24) is 0 Å². The van der Waals surface area contributed by atoms with Crippen molar-refractivity contribution in [2.75, 3.05) is 13.2 Å². The molecule has 0 aliphatic rings. The summed E-state index contributed by atoms with van der Waals surface area (Å²) < 4.78 is 5.49. The molecule has 0 aromatic heterocycles. The van der Waals surface area contributed by atoms with Crippen molar-refractivity contribution in [2.24, 2.45) is 0 Å². The summed E-state index contributed by atoms with van der Waals surface area (Å²) in [5.41, 5.74) is 0. The minimum absolute atomic E-state index is 0.897. The van der Waals surface area contributed by atoms with Gasteiger partial charge in [-0.15, -0.1) is 0 Å². The number of unbranched alkanes of at least 4 members (excludes halogenated alkanes) is 9. The lowest BCUT2D eigenvalue weighted by molar-refractivity contribution is 0.128. The van der Waals surface area contributed by atoms with Crippen molar-refractivity contribution in [2.45, 2.75) is 70.6 Å². The van der Waals surface area contributed by atoms with E-state index in [0.29, 0.717) is 0 Å². The number of hydrogen-bond donors (Lipinski definition) is 0. The van der Waals surface area contributed by atoms with Gasteiger partial charge in [-0.25, -0.2) is 0 Å². The molecule has 0 amide bonds. The lowest BCUT2D eigenvalue weighted by Gasteiger charge is -2.03. The Kier molecular flexibility index (Phi) is 14.9. The van der Waals surface area contributed by atoms with Gasteiger partial charge in [0.15, 0.2) is 0 Å². The van der Waals surface area contributed by atoms with E-state index in [0.717, 1.165) is 32.5 Å². The average molecular weight is 226 g/mol. The van der Waals surface area contributed by atoms with E-state index in [1.807, 2.05) is 0 Å². The Morgan fingerprint density at radius 3 is 1.50 bits per heavy atom. The predicted molar refractivity (Wildman–Crippen MR) is 72.3 cm³/mol. The molecule has 0 heterocycles. The van der Waals surface area contributed by atoms with Crippen molar-refractivity contribution in [3.05, 3.63) is 13.8 Å². The summed E-state index contributed by atoms with van der Waals surface area (Å²) in [7, 11) is 0. The molecule has 96 valence electrons. The first-order valence-corrected chi connectivity index (χ1v) is 7.08. The van der Waals surface area contributed by atoms with Crippen LogP contribution >= 0.6 is 0 Å². The summed E-state index contributed by atoms with van der Waals surface area (Å²) in [4.78, 5) is 0. The van der Waals surface area contributed by atoms with Crippen LogP contribution in [0.4, 0.5) is 0 Å². The van der Waals surface area contributed by atoms with Gasteiger partial charge < -0.3 is 4.74 Å². The Morgan fingerprint density at radius 1 is 0.500 bits per heavy atom. The van der Waals surface area contributed by atoms with Crippen molar-refractivity contribution in [3.63, 3.8) is 0 Å². The van der Waals surface area contributed by atoms with Crippen LogP contribution in [0.3, 0.4) is 0 Å². The maximum atomic E-state index is 5.49. The first kappa shape index (κ1) is 16.0. The second kappa shape index (κ2) is 15.0. The van der Waals surface area contributed by atoms with Crippen molar-refractivity contribution >= 4 is 0 Å². The van der Waals surface area contributed by atoms with Crippen molar-refractivity contribution < 1.29 is 4.74 Å². The fraction of sp³-hybridized carbons (Fsp3) is 0.867. The van der Waals surface area contributed by atoms with Crippen molar-refractivity contribution in [1.29, 1.82) is 0 Å². The zero-order valence-corrected chi connectivity index (χ0v) is 11.0. The predicted octanol–water partition coefficient (Wildman–Crippen LogP) is 4.96. The van der Waals surface area contributed by atoms with Crippen LogP contribution in [0.1, 0.15) is 70.6 Å². The smallest absolute Gasteiger partial charge is 0.0466 e. The lowest BCUT2D eigenvalue weighted by Crippen LogP contribution is -1.96. The maximum absolute atomic E-state index is 5.49. The molecular weight excluding hydrogens is 196 g/mol. The molecule has 0 saturated carbocycles. The Bertz CT molecular complexity index is 98.0. The van der Waals surface area contributed by atoms with Gasteiger partial charge in [0.2, 0.25) is 0 Å². The molecular formula is C15H30O. The van der Waals surface area contributed by atoms with E-state index in [1.54, 1.807) is 0 Å². The van der Waals surface area contributed by atoms with E-state index < -0.39 is 0 Å². The molecule has 0 atom stereocenters. The summed E-state index contributed by atoms with van der Waals surface area (Å²) in [5, 5.41) is 0. The van der Waals surface area contributed by atoms with Gasteiger partial charge in [0, 0.05) is 13.2 Å². The fourth-order valence-corrected chi connectivity index (χ4v) is 1.75. The van der Waals surface area contributed by atoms with E-state index in [1.165, 1.54) is 51.4 Å². The van der Waals surface area contributed by atoms with Crippen molar-refractivity contribution in [3.8, 4) is 0 Å². The summed E-state index contributed by atoms with van der Waals surface area (Å²) in [6.07, 6.45) is 14.0. The highest BCUT2D eigenvalue weighted by molar-refractivity contribution is 4.48. The normalized spacial score (nSPS) is 10.9. The molecule has 1 heteroatoms. The Labute approximate surface area is 103 Å². The van der Waals surface area contributed by atoms with Gasteiger partial charge in [0.1, 0.15) is 0 Å². The van der Waals surface area contributed by atoms with Gasteiger partial charge in [0.25, 0.3) is 0 Å². The molecule has 0 aromatic rings. The van der Waals surface area contributed by atoms with Crippen LogP contribution < -0.4 is 0 Å². The van der Waals surface area contributed by atoms with E-state index in [-0.39, 0.29) is 0 Å². The average Bonchev–Trinajstić information content (AvgIpc) is 2.31. The topological polar surface area (TPSA) is 9.23 Å². The summed E-state index contributed by atoms with van der Waals surface area (Å²) in [5.74, 6) is 0. The highest BCUT2D eigenvalue weighted by Gasteiger charge is 1.92. The Morgan fingerprint density at radius 2 is 0.938 bits per heavy atom. The molecule has 1 nitrogen and oxygen atoms in total. The molecule has 0 unspecified atom stereocenters. The molecule has 16 heavy (non-hydrogen) atoms. The minimum Gasteiger partial charge on any atom is -0.381 e. The highest BCUT2D eigenvalue weighted by atomic mass is 16.5. The van der Waals surface area contributed by atoms with Crippen LogP contribution in [0.25, 0.3) is 0 Å². The number of ether oxygens (including phenoxy) is 1. The molecule has 2 radical (unpaired) electrons. The van der Waals surface area contributed by atoms with Crippen LogP contribution in [0.5, 0.6) is 0 Å². The van der Waals surface area contributed by atoms with Gasteiger partial charge in [-0.1, -0.05) is 71.6 Å². The van der Waals surface area contributed by atoms with Crippen LogP contribution in [0.2, 0.25) is 0 Å². The van der Waals surface area contributed by atoms with Gasteiger partial charge in [-0.3, -0.25) is 0 Å². The molecule has 0 bridgehead atoms. The van der Waals surface area contributed by atoms with Gasteiger partial charge in [0.05, 0.1) is 0 Å². The first-order valence-electron chi connectivity index (χ1n) is 7.08. The molecule has 0 saturated heterocycles. The Hall–Kier alpha value is -0.0400. The quantitative estimate of drug-likeness (QED) is 0.403. The van der Waals surface area contributed by atoms with E-state index in [9.17, 15) is 0 Å². The van der Waals surface area contributed by atoms with Crippen LogP contribution in [-0.4, -0.2) is 13.2 Å². The zero-order chi connectivity index (χ0) is 11.9.